The van der Waals surface area contributed by atoms with Gasteiger partial charge in [-0.15, -0.1) is 0 Å². The van der Waals surface area contributed by atoms with Gasteiger partial charge in [0, 0.05) is 23.7 Å². The lowest BCUT2D eigenvalue weighted by atomic mass is 10.1. The molecular formula is C21H18FN5O2. The molecule has 29 heavy (non-hydrogen) atoms. The molecule has 146 valence electrons. The molecule has 3 N–H and O–H groups in total. The fourth-order valence-corrected chi connectivity index (χ4v) is 3.05. The summed E-state index contributed by atoms with van der Waals surface area (Å²) >= 11 is 0. The first kappa shape index (κ1) is 18.5. The highest BCUT2D eigenvalue weighted by Gasteiger charge is 2.17. The van der Waals surface area contributed by atoms with Crippen LogP contribution >= 0.6 is 0 Å². The fourth-order valence-electron chi connectivity index (χ4n) is 3.05. The number of rotatable bonds is 6. The van der Waals surface area contributed by atoms with E-state index in [1.807, 2.05) is 19.1 Å². The van der Waals surface area contributed by atoms with Crippen LogP contribution in [0.3, 0.4) is 0 Å². The number of benzene rings is 2. The summed E-state index contributed by atoms with van der Waals surface area (Å²) in [6, 6.07) is 11.5. The van der Waals surface area contributed by atoms with Crippen molar-refractivity contribution in [3.05, 3.63) is 71.5 Å². The van der Waals surface area contributed by atoms with Crippen LogP contribution in [0.4, 0.5) is 10.3 Å². The lowest BCUT2D eigenvalue weighted by Gasteiger charge is -2.08. The number of nitrogens with zero attached hydrogens (tertiary/aromatic N) is 3. The first-order valence-corrected chi connectivity index (χ1v) is 9.09. The smallest absolute Gasteiger partial charge is 0.249 e. The molecule has 0 saturated heterocycles. The Morgan fingerprint density at radius 2 is 1.97 bits per heavy atom. The lowest BCUT2D eigenvalue weighted by molar-refractivity contribution is 0.100. The molecule has 0 spiro atoms. The van der Waals surface area contributed by atoms with Crippen molar-refractivity contribution in [2.75, 3.05) is 5.32 Å². The molecular weight excluding hydrogens is 373 g/mol. The maximum atomic E-state index is 13.4. The summed E-state index contributed by atoms with van der Waals surface area (Å²) < 4.78 is 19.1. The average molecular weight is 391 g/mol. The molecule has 4 rings (SSSR count). The molecule has 1 amide bonds. The monoisotopic (exact) mass is 391 g/mol. The van der Waals surface area contributed by atoms with Crippen LogP contribution in [0, 0.1) is 5.82 Å². The van der Waals surface area contributed by atoms with Gasteiger partial charge in [0.05, 0.1) is 5.56 Å². The molecule has 0 bridgehead atoms. The number of amides is 1. The van der Waals surface area contributed by atoms with Gasteiger partial charge in [0.2, 0.25) is 17.7 Å². The minimum atomic E-state index is -0.537. The Bertz CT molecular complexity index is 1200. The Morgan fingerprint density at radius 1 is 1.14 bits per heavy atom. The van der Waals surface area contributed by atoms with Gasteiger partial charge in [-0.2, -0.15) is 9.97 Å². The predicted octanol–water partition coefficient (Wildman–Crippen LogP) is 3.70. The summed E-state index contributed by atoms with van der Waals surface area (Å²) in [4.78, 5) is 24.9. The van der Waals surface area contributed by atoms with E-state index in [2.05, 4.69) is 20.3 Å². The number of carbonyl (C=O) groups is 1. The molecule has 0 aliphatic carbocycles. The van der Waals surface area contributed by atoms with Crippen molar-refractivity contribution in [3.63, 3.8) is 0 Å². The van der Waals surface area contributed by atoms with Crippen molar-refractivity contribution in [2.24, 2.45) is 5.73 Å². The van der Waals surface area contributed by atoms with E-state index < -0.39 is 5.91 Å². The molecule has 7 nitrogen and oxygen atoms in total. The van der Waals surface area contributed by atoms with Crippen LogP contribution in [-0.4, -0.2) is 20.9 Å². The minimum Gasteiger partial charge on any atom is -0.460 e. The Balaban J connectivity index is 1.71. The zero-order valence-electron chi connectivity index (χ0n) is 15.6. The molecule has 2 aromatic carbocycles. The van der Waals surface area contributed by atoms with Gasteiger partial charge in [0.1, 0.15) is 17.9 Å². The third-order valence-corrected chi connectivity index (χ3v) is 4.45. The summed E-state index contributed by atoms with van der Waals surface area (Å²) in [7, 11) is 0. The highest BCUT2D eigenvalue weighted by Crippen LogP contribution is 2.31. The Morgan fingerprint density at radius 3 is 2.72 bits per heavy atom. The minimum absolute atomic E-state index is 0.304. The normalized spacial score (nSPS) is 11.0. The topological polar surface area (TPSA) is 107 Å². The Kier molecular flexibility index (Phi) is 4.90. The second kappa shape index (κ2) is 7.67. The van der Waals surface area contributed by atoms with Crippen LogP contribution in [0.15, 0.2) is 53.1 Å². The zero-order valence-corrected chi connectivity index (χ0v) is 15.6. The maximum Gasteiger partial charge on any atom is 0.249 e. The quantitative estimate of drug-likeness (QED) is 0.519. The fraction of sp³-hybridized carbons (Fsp3) is 0.143. The predicted molar refractivity (Wildman–Crippen MR) is 107 cm³/mol. The van der Waals surface area contributed by atoms with Crippen molar-refractivity contribution in [1.29, 1.82) is 0 Å². The number of nitrogens with two attached hydrogens (primary N) is 1. The second-order valence-corrected chi connectivity index (χ2v) is 6.43. The van der Waals surface area contributed by atoms with Crippen LogP contribution < -0.4 is 11.1 Å². The number of anilines is 1. The molecule has 0 aliphatic rings. The van der Waals surface area contributed by atoms with Crippen molar-refractivity contribution in [1.82, 2.24) is 15.0 Å². The average Bonchev–Trinajstić information content (AvgIpc) is 3.16. The molecule has 0 aliphatic heterocycles. The summed E-state index contributed by atoms with van der Waals surface area (Å²) in [6.07, 6.45) is 2.06. The van der Waals surface area contributed by atoms with Crippen LogP contribution in [0.25, 0.3) is 22.4 Å². The Labute approximate surface area is 165 Å². The summed E-state index contributed by atoms with van der Waals surface area (Å²) in [6.45, 7) is 2.29. The van der Waals surface area contributed by atoms with Gasteiger partial charge in [-0.3, -0.25) is 4.79 Å². The summed E-state index contributed by atoms with van der Waals surface area (Å²) in [5.74, 6) is 0.857. The van der Waals surface area contributed by atoms with Gasteiger partial charge in [0.15, 0.2) is 5.76 Å². The van der Waals surface area contributed by atoms with E-state index in [-0.39, 0.29) is 5.82 Å². The van der Waals surface area contributed by atoms with Crippen LogP contribution in [0.2, 0.25) is 0 Å². The van der Waals surface area contributed by atoms with Gasteiger partial charge >= 0.3 is 0 Å². The number of aryl methyl sites for hydroxylation is 1. The molecule has 0 unspecified atom stereocenters. The number of furan rings is 1. The molecule has 2 aromatic heterocycles. The van der Waals surface area contributed by atoms with E-state index in [1.165, 1.54) is 18.4 Å². The lowest BCUT2D eigenvalue weighted by Crippen LogP contribution is -2.10. The molecule has 4 aromatic rings. The number of halogens is 1. The Hall–Kier alpha value is -3.81. The standard InChI is InChI=1S/C21H18FN5O2/c1-2-17-25-20(18-14-7-4-8-15(19(23)28)16(14)11-29-18)27-21(26-17)24-10-12-5-3-6-13(22)9-12/h3-9,11H,2,10H2,1H3,(H2,23,28)(H,24,25,26,27). The highest BCUT2D eigenvalue weighted by molar-refractivity contribution is 6.08. The maximum absolute atomic E-state index is 13.4. The van der Waals surface area contributed by atoms with Crippen molar-refractivity contribution >= 4 is 22.6 Å². The molecule has 8 heteroatoms. The largest absolute Gasteiger partial charge is 0.460 e. The number of carbonyl (C=O) groups excluding carboxylic acids is 1. The van der Waals surface area contributed by atoms with E-state index in [0.717, 1.165) is 5.56 Å². The SMILES string of the molecule is CCc1nc(NCc2cccc(F)c2)nc(-c2occ3c(C(N)=O)cccc23)n1. The zero-order chi connectivity index (χ0) is 20.4. The summed E-state index contributed by atoms with van der Waals surface area (Å²) in [5, 5.41) is 4.38. The molecule has 2 heterocycles. The van der Waals surface area contributed by atoms with Crippen LogP contribution in [0.1, 0.15) is 28.7 Å². The van der Waals surface area contributed by atoms with Crippen molar-refractivity contribution < 1.29 is 13.6 Å². The second-order valence-electron chi connectivity index (χ2n) is 6.43. The first-order chi connectivity index (χ1) is 14.0. The number of aromatic nitrogens is 3. The molecule has 0 fully saturated rings. The highest BCUT2D eigenvalue weighted by atomic mass is 19.1. The van der Waals surface area contributed by atoms with Gasteiger partial charge < -0.3 is 15.5 Å². The van der Waals surface area contributed by atoms with Crippen molar-refractivity contribution in [2.45, 2.75) is 19.9 Å². The van der Waals surface area contributed by atoms with Gasteiger partial charge in [0.25, 0.3) is 0 Å². The third kappa shape index (κ3) is 3.77. The molecule has 0 saturated carbocycles. The number of fused-ring (bicyclic) bond motifs is 1. The van der Waals surface area contributed by atoms with Crippen LogP contribution in [-0.2, 0) is 13.0 Å². The van der Waals surface area contributed by atoms with E-state index >= 15 is 0 Å². The van der Waals surface area contributed by atoms with E-state index in [1.54, 1.807) is 18.2 Å². The van der Waals surface area contributed by atoms with E-state index in [0.29, 0.717) is 52.7 Å². The molecule has 0 atom stereocenters. The van der Waals surface area contributed by atoms with Gasteiger partial charge in [-0.05, 0) is 23.8 Å². The number of primary amides is 1. The number of hydrogen-bond acceptors (Lipinski definition) is 6. The third-order valence-electron chi connectivity index (χ3n) is 4.45. The van der Waals surface area contributed by atoms with E-state index in [4.69, 9.17) is 10.2 Å². The van der Waals surface area contributed by atoms with Gasteiger partial charge in [-0.25, -0.2) is 9.37 Å². The number of hydrogen-bond donors (Lipinski definition) is 2. The first-order valence-electron chi connectivity index (χ1n) is 9.09. The van der Waals surface area contributed by atoms with E-state index in [9.17, 15) is 9.18 Å². The summed E-state index contributed by atoms with van der Waals surface area (Å²) in [5.41, 5.74) is 6.58. The number of nitrogens with one attached hydrogen (secondary N) is 1. The van der Waals surface area contributed by atoms with Crippen molar-refractivity contribution in [3.8, 4) is 11.6 Å². The molecule has 0 radical (unpaired) electrons. The van der Waals surface area contributed by atoms with Crippen LogP contribution in [0.5, 0.6) is 0 Å². The van der Waals surface area contributed by atoms with Gasteiger partial charge in [-0.1, -0.05) is 31.2 Å².